The molecule has 0 amide bonds. The SMILES string of the molecule is CC(=O)c1ccc(S(=O)(=O)N2CC(Oc3ccc(C#N)c(F)c3)[C@](O)(CO)C2)c(C#N)c1. The molecule has 166 valence electrons. The summed E-state index contributed by atoms with van der Waals surface area (Å²) in [6.07, 6.45) is -1.27. The standard InChI is InChI=1S/C21H18FN3O6S/c1-13(27)14-3-5-19(16(6-14)9-24)32(29,30)25-10-20(21(28,11-25)12-26)31-17-4-2-15(8-23)18(22)7-17/h2-7,20,26,28H,10-12H2,1H3/t20?,21-/m1/s1. The molecule has 1 saturated heterocycles. The van der Waals surface area contributed by atoms with Crippen LogP contribution in [0.2, 0.25) is 0 Å². The van der Waals surface area contributed by atoms with E-state index in [0.29, 0.717) is 0 Å². The molecule has 11 heteroatoms. The lowest BCUT2D eigenvalue weighted by Gasteiger charge is -2.27. The number of carbonyl (C=O) groups excluding carboxylic acids is 1. The summed E-state index contributed by atoms with van der Waals surface area (Å²) in [6, 6.07) is 10.4. The quantitative estimate of drug-likeness (QED) is 0.606. The number of nitrogens with zero attached hydrogens (tertiary/aromatic N) is 3. The highest BCUT2D eigenvalue weighted by Gasteiger charge is 2.51. The van der Waals surface area contributed by atoms with E-state index in [1.54, 1.807) is 12.1 Å². The van der Waals surface area contributed by atoms with E-state index in [9.17, 15) is 33.1 Å². The van der Waals surface area contributed by atoms with Crippen LogP contribution in [0.1, 0.15) is 28.4 Å². The van der Waals surface area contributed by atoms with Gasteiger partial charge in [-0.3, -0.25) is 4.79 Å². The number of nitriles is 2. The molecule has 9 nitrogen and oxygen atoms in total. The van der Waals surface area contributed by atoms with Crippen molar-refractivity contribution in [2.75, 3.05) is 19.7 Å². The summed E-state index contributed by atoms with van der Waals surface area (Å²) in [6.45, 7) is -0.522. The molecule has 1 fully saturated rings. The lowest BCUT2D eigenvalue weighted by atomic mass is 10.0. The molecule has 2 aromatic rings. The fraction of sp³-hybridized carbons (Fsp3) is 0.286. The van der Waals surface area contributed by atoms with Gasteiger partial charge in [0.2, 0.25) is 10.0 Å². The Balaban J connectivity index is 1.93. The average Bonchev–Trinajstić information content (AvgIpc) is 3.11. The second kappa shape index (κ2) is 8.65. The Morgan fingerprint density at radius 2 is 1.94 bits per heavy atom. The first-order valence-electron chi connectivity index (χ1n) is 9.30. The number of aliphatic hydroxyl groups excluding tert-OH is 1. The normalized spacial score (nSPS) is 21.0. The topological polar surface area (TPSA) is 152 Å². The molecule has 0 aromatic heterocycles. The first-order chi connectivity index (χ1) is 15.1. The molecule has 1 unspecified atom stereocenters. The predicted octanol–water partition coefficient (Wildman–Crippen LogP) is 0.947. The van der Waals surface area contributed by atoms with Crippen molar-refractivity contribution in [1.82, 2.24) is 4.31 Å². The van der Waals surface area contributed by atoms with Crippen molar-refractivity contribution in [2.24, 2.45) is 0 Å². The zero-order valence-corrected chi connectivity index (χ0v) is 17.6. The Morgan fingerprint density at radius 3 is 2.50 bits per heavy atom. The summed E-state index contributed by atoms with van der Waals surface area (Å²) < 4.78 is 46.6. The van der Waals surface area contributed by atoms with Gasteiger partial charge in [0.05, 0.1) is 24.3 Å². The number of benzene rings is 2. The molecule has 1 aliphatic heterocycles. The van der Waals surface area contributed by atoms with Crippen LogP contribution in [0.5, 0.6) is 5.75 Å². The largest absolute Gasteiger partial charge is 0.486 e. The zero-order chi connectivity index (χ0) is 23.7. The summed E-state index contributed by atoms with van der Waals surface area (Å²) >= 11 is 0. The summed E-state index contributed by atoms with van der Waals surface area (Å²) in [5.74, 6) is -1.27. The Labute approximate surface area is 183 Å². The van der Waals surface area contributed by atoms with Crippen molar-refractivity contribution in [3.8, 4) is 17.9 Å². The molecule has 2 N–H and O–H groups in total. The van der Waals surface area contributed by atoms with Gasteiger partial charge in [-0.15, -0.1) is 0 Å². The molecule has 0 spiro atoms. The van der Waals surface area contributed by atoms with E-state index < -0.39 is 47.2 Å². The minimum atomic E-state index is -4.32. The molecule has 2 atom stereocenters. The smallest absolute Gasteiger partial charge is 0.244 e. The number of carbonyl (C=O) groups is 1. The molecular formula is C21H18FN3O6S. The maximum absolute atomic E-state index is 13.9. The number of halogens is 1. The van der Waals surface area contributed by atoms with Gasteiger partial charge in [-0.05, 0) is 37.3 Å². The number of β-amino-alcohol motifs (C(OH)–C–C–N with tert-alkyl or cyclic N) is 1. The van der Waals surface area contributed by atoms with Crippen molar-refractivity contribution in [1.29, 1.82) is 10.5 Å². The van der Waals surface area contributed by atoms with Gasteiger partial charge in [-0.1, -0.05) is 0 Å². The molecule has 0 radical (unpaired) electrons. The third-order valence-corrected chi connectivity index (χ3v) is 7.03. The van der Waals surface area contributed by atoms with E-state index in [2.05, 4.69) is 0 Å². The van der Waals surface area contributed by atoms with E-state index in [4.69, 9.17) is 10.00 Å². The van der Waals surface area contributed by atoms with Crippen LogP contribution in [-0.2, 0) is 10.0 Å². The highest BCUT2D eigenvalue weighted by atomic mass is 32.2. The van der Waals surface area contributed by atoms with Crippen molar-refractivity contribution >= 4 is 15.8 Å². The summed E-state index contributed by atoms with van der Waals surface area (Å²) in [5.41, 5.74) is -2.31. The number of Topliss-reactive ketones (excluding diaryl/α,β-unsaturated/α-hetero) is 1. The van der Waals surface area contributed by atoms with Crippen LogP contribution < -0.4 is 4.74 Å². The van der Waals surface area contributed by atoms with Gasteiger partial charge in [0.25, 0.3) is 0 Å². The first kappa shape index (κ1) is 23.3. The van der Waals surface area contributed by atoms with Crippen LogP contribution in [0.15, 0.2) is 41.3 Å². The second-order valence-corrected chi connectivity index (χ2v) is 9.20. The molecule has 0 bridgehead atoms. The fourth-order valence-electron chi connectivity index (χ4n) is 3.33. The van der Waals surface area contributed by atoms with Crippen LogP contribution in [0.3, 0.4) is 0 Å². The third kappa shape index (κ3) is 4.20. The van der Waals surface area contributed by atoms with Crippen LogP contribution in [0.25, 0.3) is 0 Å². The van der Waals surface area contributed by atoms with Gasteiger partial charge >= 0.3 is 0 Å². The predicted molar refractivity (Wildman–Crippen MR) is 107 cm³/mol. The number of aliphatic hydroxyl groups is 2. The van der Waals surface area contributed by atoms with Crippen LogP contribution in [0.4, 0.5) is 4.39 Å². The summed E-state index contributed by atoms with van der Waals surface area (Å²) in [4.78, 5) is 11.2. The maximum Gasteiger partial charge on any atom is 0.244 e. The lowest BCUT2D eigenvalue weighted by molar-refractivity contribution is -0.0641. The van der Waals surface area contributed by atoms with Gasteiger partial charge in [0, 0.05) is 18.2 Å². The highest BCUT2D eigenvalue weighted by Crippen LogP contribution is 2.32. The molecule has 1 aliphatic rings. The van der Waals surface area contributed by atoms with Crippen LogP contribution in [0, 0.1) is 28.5 Å². The number of rotatable bonds is 6. The molecular weight excluding hydrogens is 441 g/mol. The minimum Gasteiger partial charge on any atom is -0.486 e. The van der Waals surface area contributed by atoms with Crippen molar-refractivity contribution in [3.05, 3.63) is 58.9 Å². The van der Waals surface area contributed by atoms with Crippen LogP contribution >= 0.6 is 0 Å². The Kier molecular flexibility index (Phi) is 6.30. The average molecular weight is 459 g/mol. The molecule has 2 aromatic carbocycles. The summed E-state index contributed by atoms with van der Waals surface area (Å²) in [5, 5.41) is 38.7. The van der Waals surface area contributed by atoms with Gasteiger partial charge in [0.15, 0.2) is 5.78 Å². The lowest BCUT2D eigenvalue weighted by Crippen LogP contribution is -2.48. The number of ether oxygens (including phenoxy) is 1. The van der Waals surface area contributed by atoms with Gasteiger partial charge in [-0.2, -0.15) is 14.8 Å². The van der Waals surface area contributed by atoms with E-state index in [-0.39, 0.29) is 33.1 Å². The first-order valence-corrected chi connectivity index (χ1v) is 10.7. The molecule has 0 saturated carbocycles. The van der Waals surface area contributed by atoms with Crippen LogP contribution in [-0.4, -0.2) is 60.1 Å². The van der Waals surface area contributed by atoms with E-state index in [1.807, 2.05) is 0 Å². The van der Waals surface area contributed by atoms with Crippen molar-refractivity contribution in [2.45, 2.75) is 23.5 Å². The molecule has 1 heterocycles. The van der Waals surface area contributed by atoms with E-state index in [1.165, 1.54) is 25.1 Å². The monoisotopic (exact) mass is 459 g/mol. The van der Waals surface area contributed by atoms with Gasteiger partial charge in [0.1, 0.15) is 40.3 Å². The second-order valence-electron chi connectivity index (χ2n) is 7.30. The highest BCUT2D eigenvalue weighted by molar-refractivity contribution is 7.89. The Bertz CT molecular complexity index is 1270. The zero-order valence-electron chi connectivity index (χ0n) is 16.8. The Morgan fingerprint density at radius 1 is 1.25 bits per heavy atom. The van der Waals surface area contributed by atoms with Gasteiger partial charge < -0.3 is 14.9 Å². The number of ketones is 1. The van der Waals surface area contributed by atoms with E-state index in [0.717, 1.165) is 22.5 Å². The summed E-state index contributed by atoms with van der Waals surface area (Å²) in [7, 11) is -4.32. The number of hydrogen-bond acceptors (Lipinski definition) is 8. The number of hydrogen-bond donors (Lipinski definition) is 2. The third-order valence-electron chi connectivity index (χ3n) is 5.16. The maximum atomic E-state index is 13.9. The van der Waals surface area contributed by atoms with Crippen molar-refractivity contribution < 1.29 is 32.6 Å². The van der Waals surface area contributed by atoms with E-state index >= 15 is 0 Å². The molecule has 32 heavy (non-hydrogen) atoms. The Hall–Kier alpha value is -3.35. The molecule has 0 aliphatic carbocycles. The van der Waals surface area contributed by atoms with Crippen molar-refractivity contribution in [3.63, 3.8) is 0 Å². The van der Waals surface area contributed by atoms with Gasteiger partial charge in [-0.25, -0.2) is 12.8 Å². The fourth-order valence-corrected chi connectivity index (χ4v) is 4.96. The minimum absolute atomic E-state index is 0.0684. The molecule has 3 rings (SSSR count). The number of sulfonamides is 1.